The number of hydrogen-bond acceptors (Lipinski definition) is 18. The highest BCUT2D eigenvalue weighted by Crippen LogP contribution is 2.35. The molecule has 428 valence electrons. The lowest BCUT2D eigenvalue weighted by molar-refractivity contribution is -0.112. The Bertz CT molecular complexity index is 3070. The van der Waals surface area contributed by atoms with E-state index in [9.17, 15) is 9.59 Å². The van der Waals surface area contributed by atoms with Gasteiger partial charge in [0.15, 0.2) is 0 Å². The topological polar surface area (TPSA) is 222 Å². The summed E-state index contributed by atoms with van der Waals surface area (Å²) in [5.41, 5.74) is 14.4. The number of methoxy groups -OCH3 is 2. The standard InChI is InChI=1S/C30H37N7O3.C16H25N3O2.C14H13ClN4O/c1-4-28(38)32-22-6-5-7-23(18-22)33-29-21(2)20-31-30(35-29)34-26-9-8-25(19-27(26)39-3)36-12-10-24(11-13-36)37-14-16-40-17-15-37;1-20-16-12-14(2-3-15(16)17)18-6-4-13(5-7-18)19-8-10-21-11-9-19;1-3-12(20)17-10-5-4-6-11(7-10)18-13-9(2)8-16-14(15)19-13/h4-9,18-20,24H,1,10-17H2,2-3H3,(H,32,38)(H2,31,33,34,35);2-3,12-13H,4-11,17H2,1H3;3-8H,1H2,2H3,(H,17,20)(H,16,18,19). The molecule has 0 unspecified atom stereocenters. The van der Waals surface area contributed by atoms with E-state index >= 15 is 0 Å². The molecule has 81 heavy (non-hydrogen) atoms. The van der Waals surface area contributed by atoms with Crippen molar-refractivity contribution in [2.24, 2.45) is 0 Å². The van der Waals surface area contributed by atoms with Crippen molar-refractivity contribution >= 4 is 86.5 Å². The number of amides is 2. The molecular weight excluding hydrogens is 1050 g/mol. The van der Waals surface area contributed by atoms with Crippen LogP contribution in [-0.4, -0.2) is 147 Å². The number of nitrogen functional groups attached to an aromatic ring is 1. The normalized spacial score (nSPS) is 16.1. The van der Waals surface area contributed by atoms with E-state index in [1.54, 1.807) is 38.7 Å². The Morgan fingerprint density at radius 1 is 0.605 bits per heavy atom. The number of piperidine rings is 2. The Labute approximate surface area is 480 Å². The van der Waals surface area contributed by atoms with Crippen molar-refractivity contribution in [3.63, 3.8) is 0 Å². The van der Waals surface area contributed by atoms with Gasteiger partial charge in [0.2, 0.25) is 23.0 Å². The molecule has 7 N–H and O–H groups in total. The predicted octanol–water partition coefficient (Wildman–Crippen LogP) is 9.59. The fraction of sp³-hybridized carbons (Fsp3) is 0.367. The lowest BCUT2D eigenvalue weighted by Gasteiger charge is -2.40. The molecule has 4 aliphatic rings. The minimum absolute atomic E-state index is 0.175. The Morgan fingerprint density at radius 2 is 1.06 bits per heavy atom. The first kappa shape index (κ1) is 59.1. The van der Waals surface area contributed by atoms with Crippen LogP contribution in [-0.2, 0) is 19.1 Å². The highest BCUT2D eigenvalue weighted by molar-refractivity contribution is 6.28. The van der Waals surface area contributed by atoms with Gasteiger partial charge < -0.3 is 61.1 Å². The zero-order valence-corrected chi connectivity index (χ0v) is 47.5. The van der Waals surface area contributed by atoms with E-state index in [0.29, 0.717) is 46.7 Å². The molecule has 2 aromatic heterocycles. The molecule has 4 aliphatic heterocycles. The monoisotopic (exact) mass is 1120 g/mol. The van der Waals surface area contributed by atoms with E-state index in [-0.39, 0.29) is 17.1 Å². The lowest BCUT2D eigenvalue weighted by atomic mass is 10.0. The summed E-state index contributed by atoms with van der Waals surface area (Å²) < 4.78 is 22.0. The number of benzene rings is 4. The maximum absolute atomic E-state index is 11.7. The summed E-state index contributed by atoms with van der Waals surface area (Å²) in [7, 11) is 3.34. The van der Waals surface area contributed by atoms with E-state index in [2.05, 4.69) is 92.5 Å². The van der Waals surface area contributed by atoms with E-state index in [4.69, 9.17) is 41.3 Å². The molecule has 0 aliphatic carbocycles. The summed E-state index contributed by atoms with van der Waals surface area (Å²) in [6, 6.07) is 28.3. The third-order valence-corrected chi connectivity index (χ3v) is 14.7. The third kappa shape index (κ3) is 17.0. The van der Waals surface area contributed by atoms with Crippen LogP contribution in [0.5, 0.6) is 11.5 Å². The fourth-order valence-electron chi connectivity index (χ4n) is 10.0. The van der Waals surface area contributed by atoms with Gasteiger partial charge in [-0.2, -0.15) is 4.98 Å². The number of rotatable bonds is 16. The highest BCUT2D eigenvalue weighted by atomic mass is 35.5. The molecule has 4 fully saturated rings. The van der Waals surface area contributed by atoms with Gasteiger partial charge in [-0.15, -0.1) is 0 Å². The number of aryl methyl sites for hydroxylation is 2. The van der Waals surface area contributed by atoms with Crippen molar-refractivity contribution in [3.05, 3.63) is 139 Å². The fourth-order valence-corrected chi connectivity index (χ4v) is 10.2. The number of aromatic nitrogens is 4. The largest absolute Gasteiger partial charge is 0.495 e. The van der Waals surface area contributed by atoms with Gasteiger partial charge in [0.25, 0.3) is 0 Å². The smallest absolute Gasteiger partial charge is 0.247 e. The number of hydrogen-bond donors (Lipinski definition) is 6. The number of carbonyl (C=O) groups is 2. The van der Waals surface area contributed by atoms with Crippen molar-refractivity contribution in [3.8, 4) is 11.5 Å². The zero-order chi connectivity index (χ0) is 57.1. The van der Waals surface area contributed by atoms with Crippen molar-refractivity contribution in [1.82, 2.24) is 29.7 Å². The van der Waals surface area contributed by atoms with Crippen molar-refractivity contribution < 1.29 is 28.5 Å². The number of anilines is 11. The first-order chi connectivity index (χ1) is 39.4. The molecule has 6 aromatic rings. The van der Waals surface area contributed by atoms with Gasteiger partial charge in [-0.1, -0.05) is 25.3 Å². The molecule has 0 radical (unpaired) electrons. The summed E-state index contributed by atoms with van der Waals surface area (Å²) in [6.07, 6.45) is 10.6. The summed E-state index contributed by atoms with van der Waals surface area (Å²) in [4.78, 5) is 50.1. The summed E-state index contributed by atoms with van der Waals surface area (Å²) in [5.74, 6) is 2.70. The average molecular weight is 1120 g/mol. The first-order valence-corrected chi connectivity index (χ1v) is 27.7. The van der Waals surface area contributed by atoms with Crippen LogP contribution in [0.2, 0.25) is 5.28 Å². The highest BCUT2D eigenvalue weighted by Gasteiger charge is 2.28. The van der Waals surface area contributed by atoms with Crippen LogP contribution in [0.4, 0.5) is 63.1 Å². The molecule has 4 aromatic carbocycles. The second-order valence-electron chi connectivity index (χ2n) is 19.9. The van der Waals surface area contributed by atoms with E-state index in [1.807, 2.05) is 68.4 Å². The molecule has 4 saturated heterocycles. The van der Waals surface area contributed by atoms with Crippen LogP contribution < -0.4 is 51.6 Å². The van der Waals surface area contributed by atoms with Gasteiger partial charge in [0.05, 0.1) is 52.0 Å². The molecule has 6 heterocycles. The van der Waals surface area contributed by atoms with Crippen molar-refractivity contribution in [2.45, 2.75) is 51.6 Å². The van der Waals surface area contributed by atoms with Gasteiger partial charge in [-0.3, -0.25) is 19.4 Å². The quantitative estimate of drug-likeness (QED) is 0.0302. The second-order valence-corrected chi connectivity index (χ2v) is 20.2. The van der Waals surface area contributed by atoms with Crippen molar-refractivity contribution in [1.29, 1.82) is 0 Å². The second kappa shape index (κ2) is 29.5. The Morgan fingerprint density at radius 3 is 1.56 bits per heavy atom. The van der Waals surface area contributed by atoms with Crippen molar-refractivity contribution in [2.75, 3.05) is 135 Å². The molecule has 0 spiro atoms. The average Bonchev–Trinajstić information content (AvgIpc) is 3.50. The number of ether oxygens (including phenoxy) is 4. The molecular formula is C60H75ClN14O6. The number of morpholine rings is 2. The van der Waals surface area contributed by atoms with Gasteiger partial charge >= 0.3 is 0 Å². The summed E-state index contributed by atoms with van der Waals surface area (Å²) in [6.45, 7) is 22.6. The summed E-state index contributed by atoms with van der Waals surface area (Å²) >= 11 is 5.77. The van der Waals surface area contributed by atoms with Crippen LogP contribution in [0.15, 0.2) is 123 Å². The summed E-state index contributed by atoms with van der Waals surface area (Å²) in [5, 5.41) is 15.4. The number of carbonyl (C=O) groups excluding carboxylic acids is 2. The Balaban J connectivity index is 0.000000176. The zero-order valence-electron chi connectivity index (χ0n) is 46.8. The Hall–Kier alpha value is -8.01. The molecule has 10 rings (SSSR count). The maximum Gasteiger partial charge on any atom is 0.247 e. The van der Waals surface area contributed by atoms with E-state index in [1.165, 1.54) is 30.7 Å². The maximum atomic E-state index is 11.7. The predicted molar refractivity (Wildman–Crippen MR) is 325 cm³/mol. The van der Waals surface area contributed by atoms with Gasteiger partial charge in [-0.25, -0.2) is 15.0 Å². The number of nitrogens with zero attached hydrogens (tertiary/aromatic N) is 8. The van der Waals surface area contributed by atoms with Crippen LogP contribution in [0.3, 0.4) is 0 Å². The van der Waals surface area contributed by atoms with Crippen LogP contribution in [0.25, 0.3) is 0 Å². The minimum atomic E-state index is -0.265. The number of nitrogens with two attached hydrogens (primary N) is 1. The van der Waals surface area contributed by atoms with E-state index < -0.39 is 0 Å². The first-order valence-electron chi connectivity index (χ1n) is 27.3. The van der Waals surface area contributed by atoms with Crippen LogP contribution in [0, 0.1) is 13.8 Å². The molecule has 0 atom stereocenters. The number of nitrogens with one attached hydrogen (secondary N) is 5. The SMILES string of the molecule is C=CC(=O)Nc1cccc(Nc2nc(Cl)ncc2C)c1.C=CC(=O)Nc1cccc(Nc2nc(Nc3ccc(N4CCC(N5CCOCC5)CC4)cc3OC)ncc2C)c1.COc1cc(N2CCC(N3CCOCC3)CC2)ccc1N. The van der Waals surface area contributed by atoms with Gasteiger partial charge in [0.1, 0.15) is 23.1 Å². The van der Waals surface area contributed by atoms with Gasteiger partial charge in [0, 0.05) is 134 Å². The Kier molecular flexibility index (Phi) is 21.5. The molecule has 2 amide bonds. The van der Waals surface area contributed by atoms with Crippen LogP contribution in [0.1, 0.15) is 36.8 Å². The van der Waals surface area contributed by atoms with E-state index in [0.717, 1.165) is 137 Å². The molecule has 0 saturated carbocycles. The van der Waals surface area contributed by atoms with Crippen LogP contribution >= 0.6 is 11.6 Å². The third-order valence-electron chi connectivity index (χ3n) is 14.5. The number of halogens is 1. The van der Waals surface area contributed by atoms with Gasteiger partial charge in [-0.05, 0) is 124 Å². The molecule has 0 bridgehead atoms. The molecule has 20 nitrogen and oxygen atoms in total. The molecule has 21 heteroatoms. The minimum Gasteiger partial charge on any atom is -0.495 e. The lowest BCUT2D eigenvalue weighted by Crippen LogP contribution is -2.49.